The SMILES string of the molecule is Clc1ccc(C(Cn2ccnc2)[Se][Se]C(Cn2ccnc2)c2ccc(Cl)cc2Cl)c(Cl)c1. The van der Waals surface area contributed by atoms with Crippen LogP contribution < -0.4 is 0 Å². The first-order chi connectivity index (χ1) is 15.5. The van der Waals surface area contributed by atoms with Gasteiger partial charge in [-0.15, -0.1) is 0 Å². The van der Waals surface area contributed by atoms with Gasteiger partial charge in [0.25, 0.3) is 0 Å². The summed E-state index contributed by atoms with van der Waals surface area (Å²) in [5, 5.41) is 2.69. The maximum atomic E-state index is 6.61. The molecule has 0 radical (unpaired) electrons. The second-order valence-corrected chi connectivity index (χ2v) is 16.1. The zero-order chi connectivity index (χ0) is 22.5. The van der Waals surface area contributed by atoms with Crippen molar-refractivity contribution < 1.29 is 0 Å². The zero-order valence-corrected chi connectivity index (χ0v) is 23.1. The van der Waals surface area contributed by atoms with Crippen LogP contribution in [0.3, 0.4) is 0 Å². The number of hydrogen-bond acceptors (Lipinski definition) is 2. The van der Waals surface area contributed by atoms with Crippen molar-refractivity contribution in [1.82, 2.24) is 19.1 Å². The molecule has 0 saturated heterocycles. The molecular formula is C22H18Cl4N4Se2. The van der Waals surface area contributed by atoms with E-state index in [0.29, 0.717) is 20.1 Å². The zero-order valence-electron chi connectivity index (χ0n) is 16.6. The second kappa shape index (κ2) is 11.5. The van der Waals surface area contributed by atoms with Crippen LogP contribution in [-0.2, 0) is 13.1 Å². The van der Waals surface area contributed by atoms with Gasteiger partial charge >= 0.3 is 220 Å². The number of hydrogen-bond donors (Lipinski definition) is 0. The van der Waals surface area contributed by atoms with E-state index in [-0.39, 0.29) is 35.9 Å². The second-order valence-electron chi connectivity index (χ2n) is 7.02. The van der Waals surface area contributed by atoms with Gasteiger partial charge in [-0.1, -0.05) is 0 Å². The predicted octanol–water partition coefficient (Wildman–Crippen LogP) is 6.20. The van der Waals surface area contributed by atoms with E-state index in [9.17, 15) is 0 Å². The molecule has 0 spiro atoms. The molecule has 0 bridgehead atoms. The number of benzene rings is 2. The number of rotatable bonds is 9. The van der Waals surface area contributed by atoms with Gasteiger partial charge in [0, 0.05) is 0 Å². The average Bonchev–Trinajstić information content (AvgIpc) is 3.45. The molecule has 2 heterocycles. The summed E-state index contributed by atoms with van der Waals surface area (Å²) in [6.45, 7) is 1.63. The Labute approximate surface area is 218 Å². The molecule has 0 amide bonds. The first-order valence-corrected chi connectivity index (χ1v) is 17.5. The Bertz CT molecular complexity index is 1060. The van der Waals surface area contributed by atoms with Crippen LogP contribution in [0.1, 0.15) is 20.8 Å². The Kier molecular flexibility index (Phi) is 8.67. The molecule has 0 aliphatic carbocycles. The summed E-state index contributed by atoms with van der Waals surface area (Å²) in [5.41, 5.74) is 2.24. The number of nitrogens with zero attached hydrogens (tertiary/aromatic N) is 4. The third kappa shape index (κ3) is 6.34. The van der Waals surface area contributed by atoms with Gasteiger partial charge in [-0.2, -0.15) is 0 Å². The van der Waals surface area contributed by atoms with E-state index in [1.54, 1.807) is 12.4 Å². The van der Waals surface area contributed by atoms with E-state index in [1.807, 2.05) is 61.4 Å². The molecule has 4 rings (SSSR count). The number of halogens is 4. The molecule has 10 heteroatoms. The number of aromatic nitrogens is 4. The molecule has 2 aromatic heterocycles. The van der Waals surface area contributed by atoms with E-state index in [0.717, 1.165) is 24.2 Å². The molecule has 0 fully saturated rings. The van der Waals surface area contributed by atoms with Crippen LogP contribution in [0, 0.1) is 0 Å². The summed E-state index contributed by atoms with van der Waals surface area (Å²) in [7, 11) is 0. The van der Waals surface area contributed by atoms with E-state index < -0.39 is 0 Å². The van der Waals surface area contributed by atoms with E-state index >= 15 is 0 Å². The Morgan fingerprint density at radius 3 is 1.47 bits per heavy atom. The molecule has 4 aromatic rings. The third-order valence-corrected chi connectivity index (χ3v) is 15.1. The van der Waals surface area contributed by atoms with Crippen LogP contribution in [0.25, 0.3) is 0 Å². The van der Waals surface area contributed by atoms with Gasteiger partial charge in [0.2, 0.25) is 0 Å². The molecule has 32 heavy (non-hydrogen) atoms. The molecule has 4 nitrogen and oxygen atoms in total. The van der Waals surface area contributed by atoms with Crippen molar-refractivity contribution in [3.8, 4) is 0 Å². The van der Waals surface area contributed by atoms with Gasteiger partial charge in [0.15, 0.2) is 0 Å². The van der Waals surface area contributed by atoms with Crippen molar-refractivity contribution in [2.24, 2.45) is 0 Å². The van der Waals surface area contributed by atoms with Crippen LogP contribution in [0.4, 0.5) is 0 Å². The Hall–Kier alpha value is -0.941. The average molecular weight is 638 g/mol. The fourth-order valence-electron chi connectivity index (χ4n) is 3.19. The van der Waals surface area contributed by atoms with Gasteiger partial charge in [-0.3, -0.25) is 0 Å². The first kappa shape index (κ1) is 24.2. The summed E-state index contributed by atoms with van der Waals surface area (Å²) in [6.07, 6.45) is 11.3. The molecule has 166 valence electrons. The standard InChI is InChI=1S/C22H18Cl4N4Se2/c23-15-1-3-17(19(25)9-15)21(11-29-7-5-27-13-29)31-32-22(12-30-8-6-28-14-30)18-4-2-16(24)10-20(18)26/h1-10,13-14,21-22H,11-12H2. The molecule has 0 aliphatic heterocycles. The molecular weight excluding hydrogens is 620 g/mol. The summed E-state index contributed by atoms with van der Waals surface area (Å²) >= 11 is 26.1. The minimum absolute atomic E-state index is 0.267. The van der Waals surface area contributed by atoms with Crippen LogP contribution in [0.15, 0.2) is 73.8 Å². The predicted molar refractivity (Wildman–Crippen MR) is 134 cm³/mol. The van der Waals surface area contributed by atoms with E-state index in [4.69, 9.17) is 46.4 Å². The van der Waals surface area contributed by atoms with Crippen molar-refractivity contribution >= 4 is 72.7 Å². The van der Waals surface area contributed by atoms with Crippen molar-refractivity contribution in [3.05, 3.63) is 105 Å². The first-order valence-electron chi connectivity index (χ1n) is 9.63. The summed E-state index contributed by atoms with van der Waals surface area (Å²) in [6, 6.07) is 11.6. The third-order valence-electron chi connectivity index (χ3n) is 4.78. The topological polar surface area (TPSA) is 35.6 Å². The summed E-state index contributed by atoms with van der Waals surface area (Å²) in [4.78, 5) is 8.95. The Balaban J connectivity index is 1.61. The summed E-state index contributed by atoms with van der Waals surface area (Å²) < 4.78 is 4.21. The van der Waals surface area contributed by atoms with Gasteiger partial charge in [-0.25, -0.2) is 0 Å². The van der Waals surface area contributed by atoms with Gasteiger partial charge in [0.05, 0.1) is 0 Å². The number of imidazole rings is 2. The fourth-order valence-corrected chi connectivity index (χ4v) is 13.9. The Morgan fingerprint density at radius 2 is 1.12 bits per heavy atom. The Morgan fingerprint density at radius 1 is 0.688 bits per heavy atom. The van der Waals surface area contributed by atoms with E-state index in [2.05, 4.69) is 19.1 Å². The van der Waals surface area contributed by atoms with Crippen molar-refractivity contribution in [3.63, 3.8) is 0 Å². The molecule has 0 saturated carbocycles. The van der Waals surface area contributed by atoms with Crippen LogP contribution in [0.5, 0.6) is 0 Å². The fraction of sp³-hybridized carbons (Fsp3) is 0.182. The molecule has 2 unspecified atom stereocenters. The minimum atomic E-state index is 0.267. The maximum absolute atomic E-state index is 6.61. The van der Waals surface area contributed by atoms with Gasteiger partial charge < -0.3 is 0 Å². The van der Waals surface area contributed by atoms with Crippen molar-refractivity contribution in [1.29, 1.82) is 0 Å². The monoisotopic (exact) mass is 638 g/mol. The summed E-state index contributed by atoms with van der Waals surface area (Å²) in [5.74, 6) is 0. The normalized spacial score (nSPS) is 13.2. The van der Waals surface area contributed by atoms with Crippen molar-refractivity contribution in [2.75, 3.05) is 0 Å². The van der Waals surface area contributed by atoms with E-state index in [1.165, 1.54) is 0 Å². The van der Waals surface area contributed by atoms with Crippen molar-refractivity contribution in [2.45, 2.75) is 22.7 Å². The molecule has 0 N–H and O–H groups in total. The molecule has 2 atom stereocenters. The molecule has 2 aromatic carbocycles. The van der Waals surface area contributed by atoms with Crippen LogP contribution >= 0.6 is 46.4 Å². The molecule has 0 aliphatic rings. The van der Waals surface area contributed by atoms with Crippen LogP contribution in [-0.4, -0.2) is 45.4 Å². The van der Waals surface area contributed by atoms with Crippen LogP contribution in [0.2, 0.25) is 20.1 Å². The van der Waals surface area contributed by atoms with Gasteiger partial charge in [0.1, 0.15) is 0 Å². The quantitative estimate of drug-likeness (QED) is 0.205. The van der Waals surface area contributed by atoms with Gasteiger partial charge in [-0.05, 0) is 0 Å².